The van der Waals surface area contributed by atoms with Gasteiger partial charge in [0.25, 0.3) is 0 Å². The predicted molar refractivity (Wildman–Crippen MR) is 103 cm³/mol. The average molecular weight is 381 g/mol. The minimum absolute atomic E-state index is 0.0966. The van der Waals surface area contributed by atoms with Crippen LogP contribution in [0.3, 0.4) is 0 Å². The maximum atomic E-state index is 12.7. The lowest BCUT2D eigenvalue weighted by Gasteiger charge is -2.20. The van der Waals surface area contributed by atoms with Crippen molar-refractivity contribution in [3.8, 4) is 0 Å². The molecular weight excluding hydrogens is 362 g/mol. The van der Waals surface area contributed by atoms with Crippen molar-refractivity contribution in [2.75, 3.05) is 24.7 Å². The number of fused-ring (bicyclic) bond motifs is 2. The van der Waals surface area contributed by atoms with Gasteiger partial charge >= 0.3 is 0 Å². The van der Waals surface area contributed by atoms with Gasteiger partial charge in [-0.15, -0.1) is 0 Å². The predicted octanol–water partition coefficient (Wildman–Crippen LogP) is 3.17. The van der Waals surface area contributed by atoms with Gasteiger partial charge in [0.05, 0.1) is 11.4 Å². The van der Waals surface area contributed by atoms with Crippen LogP contribution in [0, 0.1) is 5.92 Å². The van der Waals surface area contributed by atoms with E-state index in [-0.39, 0.29) is 5.78 Å². The Hall–Kier alpha value is -2.45. The molecule has 0 radical (unpaired) electrons. The van der Waals surface area contributed by atoms with Crippen molar-refractivity contribution in [1.82, 2.24) is 19.9 Å². The fourth-order valence-corrected chi connectivity index (χ4v) is 4.64. The molecule has 0 N–H and O–H groups in total. The van der Waals surface area contributed by atoms with E-state index in [0.717, 1.165) is 61.1 Å². The molecule has 0 aliphatic carbocycles. The summed E-state index contributed by atoms with van der Waals surface area (Å²) in [7, 11) is 0. The molecule has 0 amide bonds. The van der Waals surface area contributed by atoms with Gasteiger partial charge < -0.3 is 9.64 Å². The molecule has 3 aromatic heterocycles. The first-order valence-corrected chi connectivity index (χ1v) is 10.0. The third-order valence-electron chi connectivity index (χ3n) is 5.21. The standard InChI is InChI=1S/C19H19N5O2S/c25-15(10-12-4-8-26-9-5-12)18-23-16-17(21-11-22-19(16)27-18)24-7-3-13-14(24)2-1-6-20-13/h1-2,6,11-12H,3-5,7-10H2. The Kier molecular flexibility index (Phi) is 4.29. The van der Waals surface area contributed by atoms with Crippen molar-refractivity contribution < 1.29 is 9.53 Å². The molecule has 138 valence electrons. The summed E-state index contributed by atoms with van der Waals surface area (Å²) in [4.78, 5) is 33.6. The Bertz CT molecular complexity index is 999. The summed E-state index contributed by atoms with van der Waals surface area (Å²) >= 11 is 1.36. The normalized spacial score (nSPS) is 17.4. The molecule has 7 nitrogen and oxygen atoms in total. The Balaban J connectivity index is 1.46. The van der Waals surface area contributed by atoms with Crippen molar-refractivity contribution in [3.63, 3.8) is 0 Å². The van der Waals surface area contributed by atoms with Gasteiger partial charge in [0.2, 0.25) is 0 Å². The topological polar surface area (TPSA) is 81.1 Å². The first-order chi connectivity index (χ1) is 13.3. The van der Waals surface area contributed by atoms with Gasteiger partial charge in [-0.1, -0.05) is 11.3 Å². The lowest BCUT2D eigenvalue weighted by molar-refractivity contribution is 0.0601. The second-order valence-corrected chi connectivity index (χ2v) is 7.90. The van der Waals surface area contributed by atoms with Crippen LogP contribution in [0.1, 0.15) is 34.8 Å². The number of ketones is 1. The van der Waals surface area contributed by atoms with Gasteiger partial charge in [0.15, 0.2) is 16.6 Å². The number of rotatable bonds is 4. The molecule has 2 aliphatic rings. The van der Waals surface area contributed by atoms with Crippen LogP contribution in [0.2, 0.25) is 0 Å². The fraction of sp³-hybridized carbons (Fsp3) is 0.421. The summed E-state index contributed by atoms with van der Waals surface area (Å²) in [6.07, 6.45) is 6.66. The minimum Gasteiger partial charge on any atom is -0.381 e. The number of Topliss-reactive ketones (excluding diaryl/α,β-unsaturated/α-hetero) is 1. The number of hydrogen-bond acceptors (Lipinski definition) is 8. The van der Waals surface area contributed by atoms with Gasteiger partial charge in [-0.05, 0) is 30.9 Å². The third-order valence-corrected chi connectivity index (χ3v) is 6.22. The molecule has 0 atom stereocenters. The fourth-order valence-electron chi connectivity index (χ4n) is 3.79. The number of hydrogen-bond donors (Lipinski definition) is 0. The summed E-state index contributed by atoms with van der Waals surface area (Å²) < 4.78 is 5.38. The van der Waals surface area contributed by atoms with E-state index in [1.807, 2.05) is 18.3 Å². The van der Waals surface area contributed by atoms with Gasteiger partial charge in [-0.25, -0.2) is 15.0 Å². The molecule has 0 spiro atoms. The van der Waals surface area contributed by atoms with Crippen LogP contribution in [0.25, 0.3) is 10.3 Å². The van der Waals surface area contributed by atoms with Crippen LogP contribution < -0.4 is 4.90 Å². The summed E-state index contributed by atoms with van der Waals surface area (Å²) in [6, 6.07) is 3.98. The molecule has 0 saturated carbocycles. The lowest BCUT2D eigenvalue weighted by atomic mass is 9.94. The van der Waals surface area contributed by atoms with Gasteiger partial charge in [-0.3, -0.25) is 9.78 Å². The summed E-state index contributed by atoms with van der Waals surface area (Å²) in [6.45, 7) is 2.30. The van der Waals surface area contributed by atoms with Crippen molar-refractivity contribution in [2.24, 2.45) is 5.92 Å². The number of nitrogens with zero attached hydrogens (tertiary/aromatic N) is 5. The summed E-state index contributed by atoms with van der Waals surface area (Å²) in [5, 5.41) is 0.531. The molecule has 0 unspecified atom stereocenters. The first kappa shape index (κ1) is 16.7. The van der Waals surface area contributed by atoms with Gasteiger partial charge in [0, 0.05) is 38.8 Å². The van der Waals surface area contributed by atoms with Crippen molar-refractivity contribution >= 4 is 39.0 Å². The van der Waals surface area contributed by atoms with Crippen LogP contribution >= 0.6 is 11.3 Å². The van der Waals surface area contributed by atoms with E-state index in [0.29, 0.717) is 22.9 Å². The van der Waals surface area contributed by atoms with Crippen LogP contribution in [0.4, 0.5) is 11.5 Å². The Labute approximate surface area is 160 Å². The lowest BCUT2D eigenvalue weighted by Crippen LogP contribution is -2.18. The van der Waals surface area contributed by atoms with Crippen LogP contribution in [-0.2, 0) is 11.2 Å². The zero-order valence-corrected chi connectivity index (χ0v) is 15.6. The first-order valence-electron chi connectivity index (χ1n) is 9.23. The van der Waals surface area contributed by atoms with Crippen LogP contribution in [0.5, 0.6) is 0 Å². The molecule has 8 heteroatoms. The van der Waals surface area contributed by atoms with Crippen molar-refractivity contribution in [1.29, 1.82) is 0 Å². The van der Waals surface area contributed by atoms with Crippen molar-refractivity contribution in [2.45, 2.75) is 25.7 Å². The zero-order valence-electron chi connectivity index (χ0n) is 14.8. The molecule has 1 saturated heterocycles. The Morgan fingerprint density at radius 1 is 1.26 bits per heavy atom. The maximum Gasteiger partial charge on any atom is 0.191 e. The van der Waals surface area contributed by atoms with E-state index in [1.54, 1.807) is 6.33 Å². The molecule has 1 fully saturated rings. The number of pyridine rings is 1. The molecule has 2 aliphatic heterocycles. The van der Waals surface area contributed by atoms with Gasteiger partial charge in [0.1, 0.15) is 16.7 Å². The highest BCUT2D eigenvalue weighted by atomic mass is 32.1. The molecule has 0 aromatic carbocycles. The molecular formula is C19H19N5O2S. The zero-order chi connectivity index (χ0) is 18.2. The molecule has 5 rings (SSSR count). The number of aromatic nitrogens is 4. The van der Waals surface area contributed by atoms with Crippen LogP contribution in [0.15, 0.2) is 24.7 Å². The SMILES string of the molecule is O=C(CC1CCOCC1)c1nc2c(N3CCc4ncccc43)ncnc2s1. The van der Waals surface area contributed by atoms with Gasteiger partial charge in [-0.2, -0.15) is 0 Å². The summed E-state index contributed by atoms with van der Waals surface area (Å²) in [5.74, 6) is 1.24. The maximum absolute atomic E-state index is 12.7. The van der Waals surface area contributed by atoms with E-state index < -0.39 is 0 Å². The number of thiazole rings is 1. The number of carbonyl (C=O) groups excluding carboxylic acids is 1. The summed E-state index contributed by atoms with van der Waals surface area (Å²) in [5.41, 5.74) is 2.82. The highest BCUT2D eigenvalue weighted by Gasteiger charge is 2.27. The average Bonchev–Trinajstić information content (AvgIpc) is 3.33. The third kappa shape index (κ3) is 3.08. The van der Waals surface area contributed by atoms with E-state index in [9.17, 15) is 4.79 Å². The Morgan fingerprint density at radius 2 is 2.15 bits per heavy atom. The Morgan fingerprint density at radius 3 is 3.04 bits per heavy atom. The monoisotopic (exact) mass is 381 g/mol. The molecule has 5 heterocycles. The van der Waals surface area contributed by atoms with Crippen LogP contribution in [-0.4, -0.2) is 45.5 Å². The van der Waals surface area contributed by atoms with E-state index >= 15 is 0 Å². The second kappa shape index (κ2) is 6.94. The number of anilines is 2. The van der Waals surface area contributed by atoms with Crippen molar-refractivity contribution in [3.05, 3.63) is 35.4 Å². The minimum atomic E-state index is 0.0966. The number of ether oxygens (including phenoxy) is 1. The van der Waals surface area contributed by atoms with E-state index in [4.69, 9.17) is 4.74 Å². The largest absolute Gasteiger partial charge is 0.381 e. The quantitative estimate of drug-likeness (QED) is 0.642. The highest BCUT2D eigenvalue weighted by molar-refractivity contribution is 7.20. The smallest absolute Gasteiger partial charge is 0.191 e. The number of carbonyl (C=O) groups is 1. The highest BCUT2D eigenvalue weighted by Crippen LogP contribution is 2.36. The van der Waals surface area contributed by atoms with E-state index in [1.165, 1.54) is 11.3 Å². The molecule has 0 bridgehead atoms. The molecule has 27 heavy (non-hydrogen) atoms. The van der Waals surface area contributed by atoms with E-state index in [2.05, 4.69) is 24.8 Å². The molecule has 3 aromatic rings. The second-order valence-electron chi connectivity index (χ2n) is 6.92.